The minimum Gasteiger partial charge on any atom is -0.362 e. The van der Waals surface area contributed by atoms with Crippen molar-refractivity contribution in [2.24, 2.45) is 0 Å². The Morgan fingerprint density at radius 1 is 1.24 bits per heavy atom. The van der Waals surface area contributed by atoms with Gasteiger partial charge in [0.15, 0.2) is 0 Å². The van der Waals surface area contributed by atoms with Gasteiger partial charge in [-0.2, -0.15) is 0 Å². The fraction of sp³-hybridized carbons (Fsp3) is 0.167. The van der Waals surface area contributed by atoms with Crippen molar-refractivity contribution in [3.8, 4) is 0 Å². The molecule has 1 aromatic carbocycles. The van der Waals surface area contributed by atoms with Crippen LogP contribution in [0.4, 0.5) is 10.2 Å². The second-order valence-corrected chi connectivity index (χ2v) is 4.03. The van der Waals surface area contributed by atoms with Crippen molar-refractivity contribution in [3.63, 3.8) is 0 Å². The van der Waals surface area contributed by atoms with Crippen LogP contribution in [0, 0.1) is 5.82 Å². The normalized spacial score (nSPS) is 12.2. The molecule has 0 fully saturated rings. The maximum Gasteiger partial charge on any atom is 0.149 e. The van der Waals surface area contributed by atoms with Gasteiger partial charge in [0.1, 0.15) is 16.8 Å². The van der Waals surface area contributed by atoms with Crippen molar-refractivity contribution in [1.29, 1.82) is 0 Å². The van der Waals surface area contributed by atoms with Gasteiger partial charge in [0.05, 0.1) is 12.4 Å². The van der Waals surface area contributed by atoms with E-state index in [9.17, 15) is 4.39 Å². The largest absolute Gasteiger partial charge is 0.362 e. The number of aromatic nitrogens is 2. The highest BCUT2D eigenvalue weighted by molar-refractivity contribution is 6.29. The molecular weight excluding hydrogens is 241 g/mol. The van der Waals surface area contributed by atoms with E-state index in [-0.39, 0.29) is 11.9 Å². The first-order valence-corrected chi connectivity index (χ1v) is 5.52. The molecule has 1 N–H and O–H groups in total. The van der Waals surface area contributed by atoms with Gasteiger partial charge in [-0.1, -0.05) is 23.7 Å². The summed E-state index contributed by atoms with van der Waals surface area (Å²) in [7, 11) is 0. The van der Waals surface area contributed by atoms with Gasteiger partial charge in [0.2, 0.25) is 0 Å². The van der Waals surface area contributed by atoms with E-state index in [2.05, 4.69) is 15.3 Å². The van der Waals surface area contributed by atoms with Gasteiger partial charge in [-0.05, 0) is 24.6 Å². The molecule has 1 atom stereocenters. The van der Waals surface area contributed by atoms with Crippen LogP contribution < -0.4 is 5.32 Å². The lowest BCUT2D eigenvalue weighted by Gasteiger charge is -2.14. The Bertz CT molecular complexity index is 501. The van der Waals surface area contributed by atoms with Gasteiger partial charge >= 0.3 is 0 Å². The highest BCUT2D eigenvalue weighted by Gasteiger charge is 2.06. The van der Waals surface area contributed by atoms with E-state index in [1.807, 2.05) is 6.92 Å². The molecule has 88 valence electrons. The van der Waals surface area contributed by atoms with Gasteiger partial charge in [0, 0.05) is 6.04 Å². The number of hydrogen-bond acceptors (Lipinski definition) is 3. The zero-order valence-electron chi connectivity index (χ0n) is 9.19. The topological polar surface area (TPSA) is 37.8 Å². The predicted molar refractivity (Wildman–Crippen MR) is 65.5 cm³/mol. The summed E-state index contributed by atoms with van der Waals surface area (Å²) in [4.78, 5) is 8.00. The Balaban J connectivity index is 2.11. The number of nitrogens with one attached hydrogen (secondary N) is 1. The lowest BCUT2D eigenvalue weighted by atomic mass is 10.1. The summed E-state index contributed by atoms with van der Waals surface area (Å²) in [5.41, 5.74) is 0.966. The van der Waals surface area contributed by atoms with Crippen LogP contribution in [-0.4, -0.2) is 9.97 Å². The summed E-state index contributed by atoms with van der Waals surface area (Å²) in [6.45, 7) is 1.95. The third-order valence-electron chi connectivity index (χ3n) is 2.34. The van der Waals surface area contributed by atoms with Gasteiger partial charge in [0.25, 0.3) is 0 Å². The highest BCUT2D eigenvalue weighted by atomic mass is 35.5. The van der Waals surface area contributed by atoms with E-state index in [0.717, 1.165) is 5.56 Å². The number of halogens is 2. The summed E-state index contributed by atoms with van der Waals surface area (Å²) in [6.07, 6.45) is 3.06. The number of hydrogen-bond donors (Lipinski definition) is 1. The van der Waals surface area contributed by atoms with Crippen LogP contribution in [0.2, 0.25) is 5.15 Å². The van der Waals surface area contributed by atoms with Crippen LogP contribution >= 0.6 is 11.6 Å². The molecule has 0 unspecified atom stereocenters. The third kappa shape index (κ3) is 3.14. The standard InChI is InChI=1S/C12H11ClFN3/c1-8(9-2-4-10(14)5-3-9)16-12-7-15-6-11(13)17-12/h2-8H,1H3,(H,16,17)/t8-/m0/s1. The lowest BCUT2D eigenvalue weighted by Crippen LogP contribution is -2.08. The molecule has 0 aliphatic heterocycles. The average Bonchev–Trinajstić information content (AvgIpc) is 2.29. The minimum absolute atomic E-state index is 0.00312. The first-order chi connectivity index (χ1) is 8.15. The second kappa shape index (κ2) is 5.10. The van der Waals surface area contributed by atoms with Crippen molar-refractivity contribution in [2.75, 3.05) is 5.32 Å². The zero-order chi connectivity index (χ0) is 12.3. The SMILES string of the molecule is C[C@H](Nc1cncc(Cl)n1)c1ccc(F)cc1. The molecule has 0 bridgehead atoms. The van der Waals surface area contributed by atoms with E-state index in [1.54, 1.807) is 18.3 Å². The molecule has 1 heterocycles. The van der Waals surface area contributed by atoms with Gasteiger partial charge in [-0.25, -0.2) is 9.37 Å². The lowest BCUT2D eigenvalue weighted by molar-refractivity contribution is 0.626. The van der Waals surface area contributed by atoms with Crippen LogP contribution in [0.5, 0.6) is 0 Å². The van der Waals surface area contributed by atoms with Crippen molar-refractivity contribution < 1.29 is 4.39 Å². The molecule has 0 saturated carbocycles. The van der Waals surface area contributed by atoms with Crippen LogP contribution in [-0.2, 0) is 0 Å². The summed E-state index contributed by atoms with van der Waals surface area (Å²) < 4.78 is 12.8. The maximum atomic E-state index is 12.8. The molecule has 2 rings (SSSR count). The summed E-state index contributed by atoms with van der Waals surface area (Å²) >= 11 is 5.73. The highest BCUT2D eigenvalue weighted by Crippen LogP contribution is 2.18. The fourth-order valence-corrected chi connectivity index (χ4v) is 1.62. The molecule has 2 aromatic rings. The van der Waals surface area contributed by atoms with E-state index < -0.39 is 0 Å². The molecule has 1 aromatic heterocycles. The van der Waals surface area contributed by atoms with Gasteiger partial charge < -0.3 is 5.32 Å². The number of benzene rings is 1. The molecule has 0 saturated heterocycles. The summed E-state index contributed by atoms with van der Waals surface area (Å²) in [5, 5.41) is 3.47. The Morgan fingerprint density at radius 3 is 2.59 bits per heavy atom. The average molecular weight is 252 g/mol. The predicted octanol–water partition coefficient (Wildman–Crippen LogP) is 3.44. The molecular formula is C12H11ClFN3. The maximum absolute atomic E-state index is 12.8. The van der Waals surface area contributed by atoms with Crippen molar-refractivity contribution in [3.05, 3.63) is 53.2 Å². The summed E-state index contributed by atoms with van der Waals surface area (Å²) in [5.74, 6) is 0.345. The Morgan fingerprint density at radius 2 is 1.94 bits per heavy atom. The Labute approximate surface area is 104 Å². The fourth-order valence-electron chi connectivity index (χ4n) is 1.47. The van der Waals surface area contributed by atoms with Gasteiger partial charge in [-0.15, -0.1) is 0 Å². The quantitative estimate of drug-likeness (QED) is 0.908. The monoisotopic (exact) mass is 251 g/mol. The van der Waals surface area contributed by atoms with E-state index in [4.69, 9.17) is 11.6 Å². The number of anilines is 1. The first-order valence-electron chi connectivity index (χ1n) is 5.14. The molecule has 17 heavy (non-hydrogen) atoms. The van der Waals surface area contributed by atoms with E-state index in [0.29, 0.717) is 11.0 Å². The Hall–Kier alpha value is -1.68. The van der Waals surface area contributed by atoms with E-state index >= 15 is 0 Å². The molecule has 3 nitrogen and oxygen atoms in total. The van der Waals surface area contributed by atoms with Gasteiger partial charge in [-0.3, -0.25) is 4.98 Å². The van der Waals surface area contributed by atoms with Crippen molar-refractivity contribution >= 4 is 17.4 Å². The second-order valence-electron chi connectivity index (χ2n) is 3.64. The first kappa shape index (κ1) is 11.8. The minimum atomic E-state index is -0.247. The van der Waals surface area contributed by atoms with Crippen LogP contribution in [0.15, 0.2) is 36.7 Å². The van der Waals surface area contributed by atoms with Crippen LogP contribution in [0.1, 0.15) is 18.5 Å². The third-order valence-corrected chi connectivity index (χ3v) is 2.52. The molecule has 0 radical (unpaired) electrons. The van der Waals surface area contributed by atoms with Crippen molar-refractivity contribution in [1.82, 2.24) is 9.97 Å². The van der Waals surface area contributed by atoms with Crippen LogP contribution in [0.3, 0.4) is 0 Å². The summed E-state index contributed by atoms with van der Waals surface area (Å²) in [6, 6.07) is 6.31. The van der Waals surface area contributed by atoms with E-state index in [1.165, 1.54) is 18.3 Å². The number of rotatable bonds is 3. The smallest absolute Gasteiger partial charge is 0.149 e. The molecule has 0 spiro atoms. The zero-order valence-corrected chi connectivity index (χ0v) is 9.95. The number of nitrogens with zero attached hydrogens (tertiary/aromatic N) is 2. The molecule has 0 amide bonds. The molecule has 0 aliphatic rings. The Kier molecular flexibility index (Phi) is 3.54. The molecule has 5 heteroatoms. The van der Waals surface area contributed by atoms with Crippen LogP contribution in [0.25, 0.3) is 0 Å². The molecule has 0 aliphatic carbocycles. The van der Waals surface area contributed by atoms with Crippen molar-refractivity contribution in [2.45, 2.75) is 13.0 Å².